The predicted molar refractivity (Wildman–Crippen MR) is 64.4 cm³/mol. The second-order valence-electron chi connectivity index (χ2n) is 3.27. The van der Waals surface area contributed by atoms with Gasteiger partial charge in [-0.2, -0.15) is 0 Å². The van der Waals surface area contributed by atoms with Crippen LogP contribution in [-0.2, 0) is 10.0 Å². The van der Waals surface area contributed by atoms with Crippen molar-refractivity contribution in [1.29, 1.82) is 0 Å². The molecule has 0 unspecified atom stereocenters. The van der Waals surface area contributed by atoms with Crippen molar-refractivity contribution in [2.24, 2.45) is 0 Å². The van der Waals surface area contributed by atoms with E-state index in [9.17, 15) is 17.6 Å². The highest BCUT2D eigenvalue weighted by Crippen LogP contribution is 2.13. The molecule has 6 nitrogen and oxygen atoms in total. The van der Waals surface area contributed by atoms with Crippen LogP contribution in [0.3, 0.4) is 0 Å². The predicted octanol–water partition coefficient (Wildman–Crippen LogP) is 0.153. The first-order valence-electron chi connectivity index (χ1n) is 4.86. The van der Waals surface area contributed by atoms with E-state index in [0.717, 1.165) is 12.3 Å². The quantitative estimate of drug-likeness (QED) is 0.757. The Morgan fingerprint density at radius 1 is 1.56 bits per heavy atom. The molecular formula is C9H11ClFN3O3S. The van der Waals surface area contributed by atoms with Gasteiger partial charge in [-0.25, -0.2) is 22.5 Å². The van der Waals surface area contributed by atoms with Crippen LogP contribution < -0.4 is 10.0 Å². The zero-order valence-electron chi connectivity index (χ0n) is 9.41. The number of carbonyl (C=O) groups excluding carboxylic acids is 1. The normalized spacial score (nSPS) is 11.3. The highest BCUT2D eigenvalue weighted by molar-refractivity contribution is 7.89. The molecule has 0 aliphatic rings. The monoisotopic (exact) mass is 295 g/mol. The summed E-state index contributed by atoms with van der Waals surface area (Å²) in [5.74, 6) is -1.67. The molecule has 0 spiro atoms. The van der Waals surface area contributed by atoms with Crippen molar-refractivity contribution in [1.82, 2.24) is 15.0 Å². The largest absolute Gasteiger partial charge is 0.351 e. The highest BCUT2D eigenvalue weighted by atomic mass is 35.5. The van der Waals surface area contributed by atoms with Gasteiger partial charge in [0.25, 0.3) is 5.91 Å². The molecule has 0 saturated carbocycles. The summed E-state index contributed by atoms with van der Waals surface area (Å²) in [6.45, 7) is -0.116. The summed E-state index contributed by atoms with van der Waals surface area (Å²) in [7, 11) is -2.13. The highest BCUT2D eigenvalue weighted by Gasteiger charge is 2.13. The topological polar surface area (TPSA) is 88.2 Å². The van der Waals surface area contributed by atoms with Gasteiger partial charge in [0.15, 0.2) is 0 Å². The molecule has 1 amide bonds. The number of hydrogen-bond acceptors (Lipinski definition) is 4. The number of rotatable bonds is 5. The standard InChI is InChI=1S/C9H11ClFN3O3S/c1-12-18(16,17)3-2-13-9(15)7-4-6(11)5-14-8(7)10/h4-5,12H,2-3H2,1H3,(H,13,15). The molecule has 2 N–H and O–H groups in total. The van der Waals surface area contributed by atoms with E-state index in [1.807, 2.05) is 0 Å². The van der Waals surface area contributed by atoms with E-state index in [1.165, 1.54) is 7.05 Å². The maximum Gasteiger partial charge on any atom is 0.254 e. The van der Waals surface area contributed by atoms with E-state index < -0.39 is 21.7 Å². The number of halogens is 2. The fourth-order valence-electron chi connectivity index (χ4n) is 1.08. The molecule has 100 valence electrons. The fraction of sp³-hybridized carbons (Fsp3) is 0.333. The number of sulfonamides is 1. The Hall–Kier alpha value is -1.25. The molecule has 0 aromatic carbocycles. The number of amides is 1. The zero-order valence-corrected chi connectivity index (χ0v) is 11.0. The van der Waals surface area contributed by atoms with Gasteiger partial charge >= 0.3 is 0 Å². The molecule has 0 aliphatic carbocycles. The molecule has 0 bridgehead atoms. The number of aromatic nitrogens is 1. The molecule has 0 radical (unpaired) electrons. The van der Waals surface area contributed by atoms with E-state index in [0.29, 0.717) is 0 Å². The first-order valence-corrected chi connectivity index (χ1v) is 6.89. The van der Waals surface area contributed by atoms with Crippen LogP contribution in [0.1, 0.15) is 10.4 Å². The van der Waals surface area contributed by atoms with Gasteiger partial charge in [-0.3, -0.25) is 4.79 Å². The molecule has 0 aliphatic heterocycles. The molecule has 1 aromatic heterocycles. The van der Waals surface area contributed by atoms with Gasteiger partial charge in [0.05, 0.1) is 17.5 Å². The van der Waals surface area contributed by atoms with Gasteiger partial charge in [0, 0.05) is 6.54 Å². The number of nitrogens with zero attached hydrogens (tertiary/aromatic N) is 1. The molecule has 1 rings (SSSR count). The maximum atomic E-state index is 12.9. The van der Waals surface area contributed by atoms with E-state index in [-0.39, 0.29) is 23.0 Å². The lowest BCUT2D eigenvalue weighted by molar-refractivity contribution is 0.0955. The second kappa shape index (κ2) is 6.07. The van der Waals surface area contributed by atoms with Gasteiger partial charge in [-0.15, -0.1) is 0 Å². The Morgan fingerprint density at radius 3 is 2.83 bits per heavy atom. The van der Waals surface area contributed by atoms with Crippen LogP contribution >= 0.6 is 11.6 Å². The molecule has 18 heavy (non-hydrogen) atoms. The minimum absolute atomic E-state index is 0.116. The summed E-state index contributed by atoms with van der Waals surface area (Å²) < 4.78 is 37.1. The van der Waals surface area contributed by atoms with Gasteiger partial charge < -0.3 is 5.32 Å². The molecule has 0 saturated heterocycles. The maximum absolute atomic E-state index is 12.9. The van der Waals surface area contributed by atoms with Crippen molar-refractivity contribution in [2.75, 3.05) is 19.3 Å². The van der Waals surface area contributed by atoms with E-state index >= 15 is 0 Å². The lowest BCUT2D eigenvalue weighted by atomic mass is 10.2. The third kappa shape index (κ3) is 4.21. The third-order valence-electron chi connectivity index (χ3n) is 2.02. The van der Waals surface area contributed by atoms with Crippen molar-refractivity contribution < 1.29 is 17.6 Å². The van der Waals surface area contributed by atoms with E-state index in [2.05, 4.69) is 15.0 Å². The second-order valence-corrected chi connectivity index (χ2v) is 5.67. The Labute approximate surface area is 109 Å². The Morgan fingerprint density at radius 2 is 2.22 bits per heavy atom. The van der Waals surface area contributed by atoms with Gasteiger partial charge in [0.1, 0.15) is 11.0 Å². The summed E-state index contributed by atoms with van der Waals surface area (Å²) in [5, 5.41) is 2.16. The minimum atomic E-state index is -3.40. The average molecular weight is 296 g/mol. The number of carbonyl (C=O) groups is 1. The first kappa shape index (κ1) is 14.8. The van der Waals surface area contributed by atoms with Crippen molar-refractivity contribution in [3.63, 3.8) is 0 Å². The van der Waals surface area contributed by atoms with Crippen molar-refractivity contribution in [2.45, 2.75) is 0 Å². The van der Waals surface area contributed by atoms with E-state index in [1.54, 1.807) is 0 Å². The van der Waals surface area contributed by atoms with E-state index in [4.69, 9.17) is 11.6 Å². The molecular weight excluding hydrogens is 285 g/mol. The van der Waals surface area contributed by atoms with Gasteiger partial charge in [-0.1, -0.05) is 11.6 Å². The number of hydrogen-bond donors (Lipinski definition) is 2. The molecule has 0 atom stereocenters. The first-order chi connectivity index (χ1) is 8.35. The molecule has 1 heterocycles. The summed E-state index contributed by atoms with van der Waals surface area (Å²) in [4.78, 5) is 15.0. The van der Waals surface area contributed by atoms with Crippen LogP contribution in [0.2, 0.25) is 5.15 Å². The Bertz CT molecular complexity index is 550. The Balaban J connectivity index is 2.64. The van der Waals surface area contributed by atoms with Crippen molar-refractivity contribution >= 4 is 27.5 Å². The number of pyridine rings is 1. The third-order valence-corrected chi connectivity index (χ3v) is 3.68. The van der Waals surface area contributed by atoms with Crippen molar-refractivity contribution in [3.8, 4) is 0 Å². The van der Waals surface area contributed by atoms with Crippen molar-refractivity contribution in [3.05, 3.63) is 28.8 Å². The SMILES string of the molecule is CNS(=O)(=O)CCNC(=O)c1cc(F)cnc1Cl. The average Bonchev–Trinajstić information content (AvgIpc) is 2.32. The smallest absolute Gasteiger partial charge is 0.254 e. The molecule has 1 aromatic rings. The van der Waals surface area contributed by atoms with Crippen LogP contribution in [0.15, 0.2) is 12.3 Å². The van der Waals surface area contributed by atoms with Gasteiger partial charge in [-0.05, 0) is 13.1 Å². The zero-order chi connectivity index (χ0) is 13.8. The minimum Gasteiger partial charge on any atom is -0.351 e. The number of nitrogens with one attached hydrogen (secondary N) is 2. The lowest BCUT2D eigenvalue weighted by Gasteiger charge is -2.06. The van der Waals surface area contributed by atoms with Gasteiger partial charge in [0.2, 0.25) is 10.0 Å². The summed E-state index contributed by atoms with van der Waals surface area (Å²) in [6.07, 6.45) is 0.880. The van der Waals surface area contributed by atoms with Crippen LogP contribution in [0, 0.1) is 5.82 Å². The summed E-state index contributed by atoms with van der Waals surface area (Å²) >= 11 is 5.62. The fourth-order valence-corrected chi connectivity index (χ4v) is 1.84. The van der Waals surface area contributed by atoms with Crippen LogP contribution in [-0.4, -0.2) is 38.7 Å². The molecule has 9 heteroatoms. The van der Waals surface area contributed by atoms with Crippen LogP contribution in [0.4, 0.5) is 4.39 Å². The summed E-state index contributed by atoms with van der Waals surface area (Å²) in [5.41, 5.74) is -0.140. The van der Waals surface area contributed by atoms with Crippen LogP contribution in [0.25, 0.3) is 0 Å². The summed E-state index contributed by atoms with van der Waals surface area (Å²) in [6, 6.07) is 0.928. The van der Waals surface area contributed by atoms with Crippen LogP contribution in [0.5, 0.6) is 0 Å². The lowest BCUT2D eigenvalue weighted by Crippen LogP contribution is -2.33. The molecule has 0 fully saturated rings. The Kier molecular flexibility index (Phi) is 5.00.